The molecule has 106 valence electrons. The van der Waals surface area contributed by atoms with Crippen LogP contribution in [0.5, 0.6) is 0 Å². The standard InChI is InChI=1S/C13H16N4O2S/c1-2-17-11-14-16-13(17)10-15-20(18,19)9-8-12-6-4-3-5-7-12/h3-9,11,15H,2,10H2,1H3/b9-8+. The largest absolute Gasteiger partial charge is 0.317 e. The molecule has 0 radical (unpaired) electrons. The summed E-state index contributed by atoms with van der Waals surface area (Å²) in [5.41, 5.74) is 0.828. The van der Waals surface area contributed by atoms with E-state index in [1.54, 1.807) is 17.0 Å². The Bertz CT molecular complexity index is 677. The van der Waals surface area contributed by atoms with Crippen LogP contribution in [0.2, 0.25) is 0 Å². The van der Waals surface area contributed by atoms with E-state index >= 15 is 0 Å². The first-order chi connectivity index (χ1) is 9.61. The molecule has 0 saturated heterocycles. The van der Waals surface area contributed by atoms with Crippen LogP contribution in [0.1, 0.15) is 18.3 Å². The fourth-order valence-corrected chi connectivity index (χ4v) is 2.39. The number of rotatable bonds is 6. The molecule has 1 aromatic heterocycles. The molecule has 1 N–H and O–H groups in total. The Kier molecular flexibility index (Phi) is 4.65. The minimum atomic E-state index is -3.49. The molecular formula is C13H16N4O2S. The lowest BCUT2D eigenvalue weighted by Gasteiger charge is -2.04. The number of benzene rings is 1. The number of nitrogens with one attached hydrogen (secondary N) is 1. The third-order valence-electron chi connectivity index (χ3n) is 2.71. The van der Waals surface area contributed by atoms with Gasteiger partial charge in [-0.1, -0.05) is 30.3 Å². The Morgan fingerprint density at radius 2 is 2.05 bits per heavy atom. The van der Waals surface area contributed by atoms with Crippen LogP contribution < -0.4 is 4.72 Å². The Labute approximate surface area is 118 Å². The van der Waals surface area contributed by atoms with Gasteiger partial charge in [-0.3, -0.25) is 0 Å². The van der Waals surface area contributed by atoms with Gasteiger partial charge in [-0.05, 0) is 18.6 Å². The van der Waals surface area contributed by atoms with Crippen molar-refractivity contribution in [1.29, 1.82) is 0 Å². The second kappa shape index (κ2) is 6.44. The van der Waals surface area contributed by atoms with E-state index in [9.17, 15) is 8.42 Å². The number of sulfonamides is 1. The maximum atomic E-state index is 11.8. The highest BCUT2D eigenvalue weighted by Gasteiger charge is 2.08. The molecule has 7 heteroatoms. The first kappa shape index (κ1) is 14.4. The molecule has 20 heavy (non-hydrogen) atoms. The van der Waals surface area contributed by atoms with Crippen molar-refractivity contribution in [2.75, 3.05) is 0 Å². The average molecular weight is 292 g/mol. The van der Waals surface area contributed by atoms with Crippen molar-refractivity contribution < 1.29 is 8.42 Å². The van der Waals surface area contributed by atoms with Gasteiger partial charge < -0.3 is 4.57 Å². The first-order valence-electron chi connectivity index (χ1n) is 6.20. The van der Waals surface area contributed by atoms with Crippen molar-refractivity contribution in [2.24, 2.45) is 0 Å². The number of nitrogens with zero attached hydrogens (tertiary/aromatic N) is 3. The molecule has 0 bridgehead atoms. The van der Waals surface area contributed by atoms with E-state index in [2.05, 4.69) is 14.9 Å². The van der Waals surface area contributed by atoms with Gasteiger partial charge in [0.2, 0.25) is 10.0 Å². The van der Waals surface area contributed by atoms with Gasteiger partial charge >= 0.3 is 0 Å². The van der Waals surface area contributed by atoms with Crippen LogP contribution in [0.15, 0.2) is 42.1 Å². The molecule has 2 rings (SSSR count). The highest BCUT2D eigenvalue weighted by atomic mass is 32.2. The van der Waals surface area contributed by atoms with E-state index in [0.29, 0.717) is 12.4 Å². The predicted octanol–water partition coefficient (Wildman–Crippen LogP) is 1.39. The summed E-state index contributed by atoms with van der Waals surface area (Å²) in [5, 5.41) is 8.77. The normalized spacial score (nSPS) is 12.1. The number of hydrogen-bond acceptors (Lipinski definition) is 4. The molecule has 0 aliphatic carbocycles. The van der Waals surface area contributed by atoms with Gasteiger partial charge in [0.05, 0.1) is 6.54 Å². The summed E-state index contributed by atoms with van der Waals surface area (Å²) >= 11 is 0. The van der Waals surface area contributed by atoms with Gasteiger partial charge in [-0.2, -0.15) is 0 Å². The first-order valence-corrected chi connectivity index (χ1v) is 7.75. The topological polar surface area (TPSA) is 76.9 Å². The maximum absolute atomic E-state index is 11.8. The summed E-state index contributed by atoms with van der Waals surface area (Å²) in [5.74, 6) is 0.587. The third kappa shape index (κ3) is 4.01. The van der Waals surface area contributed by atoms with E-state index in [-0.39, 0.29) is 6.54 Å². The molecule has 1 heterocycles. The molecule has 0 amide bonds. The van der Waals surface area contributed by atoms with Gasteiger partial charge in [0.25, 0.3) is 0 Å². The summed E-state index contributed by atoms with van der Waals surface area (Å²) in [4.78, 5) is 0. The Morgan fingerprint density at radius 1 is 1.30 bits per heavy atom. The minimum absolute atomic E-state index is 0.120. The number of aromatic nitrogens is 3. The van der Waals surface area contributed by atoms with Crippen molar-refractivity contribution in [3.63, 3.8) is 0 Å². The molecule has 6 nitrogen and oxygen atoms in total. The SMILES string of the molecule is CCn1cnnc1CNS(=O)(=O)/C=C/c1ccccc1. The van der Waals surface area contributed by atoms with Crippen molar-refractivity contribution in [3.05, 3.63) is 53.5 Å². The highest BCUT2D eigenvalue weighted by molar-refractivity contribution is 7.92. The fraction of sp³-hybridized carbons (Fsp3) is 0.231. The van der Waals surface area contributed by atoms with Crippen LogP contribution >= 0.6 is 0 Å². The highest BCUT2D eigenvalue weighted by Crippen LogP contribution is 2.03. The number of hydrogen-bond donors (Lipinski definition) is 1. The summed E-state index contributed by atoms with van der Waals surface area (Å²) < 4.78 is 27.9. The maximum Gasteiger partial charge on any atom is 0.234 e. The quantitative estimate of drug-likeness (QED) is 0.873. The Morgan fingerprint density at radius 3 is 2.75 bits per heavy atom. The predicted molar refractivity (Wildman–Crippen MR) is 76.9 cm³/mol. The molecule has 0 aliphatic rings. The summed E-state index contributed by atoms with van der Waals surface area (Å²) in [6.07, 6.45) is 3.12. The monoisotopic (exact) mass is 292 g/mol. The van der Waals surface area contributed by atoms with Crippen LogP contribution in [-0.4, -0.2) is 23.2 Å². The van der Waals surface area contributed by atoms with Gasteiger partial charge in [0, 0.05) is 12.0 Å². The summed E-state index contributed by atoms with van der Waals surface area (Å²) in [7, 11) is -3.49. The molecule has 0 fully saturated rings. The third-order valence-corrected chi connectivity index (χ3v) is 3.75. The van der Waals surface area contributed by atoms with E-state index in [1.165, 1.54) is 0 Å². The molecule has 2 aromatic rings. The lowest BCUT2D eigenvalue weighted by molar-refractivity contribution is 0.584. The molecule has 0 aliphatic heterocycles. The second-order valence-corrected chi connectivity index (χ2v) is 5.76. The molecule has 0 saturated carbocycles. The zero-order chi connectivity index (χ0) is 14.4. The lowest BCUT2D eigenvalue weighted by Crippen LogP contribution is -2.22. The summed E-state index contributed by atoms with van der Waals surface area (Å²) in [6.45, 7) is 2.76. The molecule has 0 unspecified atom stereocenters. The molecule has 1 aromatic carbocycles. The zero-order valence-electron chi connectivity index (χ0n) is 11.1. The van der Waals surface area contributed by atoms with Gasteiger partial charge in [-0.25, -0.2) is 13.1 Å². The van der Waals surface area contributed by atoms with E-state index < -0.39 is 10.0 Å². The molecule has 0 atom stereocenters. The zero-order valence-corrected chi connectivity index (χ0v) is 11.9. The van der Waals surface area contributed by atoms with E-state index in [0.717, 1.165) is 11.0 Å². The van der Waals surface area contributed by atoms with E-state index in [4.69, 9.17) is 0 Å². The van der Waals surface area contributed by atoms with Crippen molar-refractivity contribution in [3.8, 4) is 0 Å². The van der Waals surface area contributed by atoms with Crippen LogP contribution in [-0.2, 0) is 23.1 Å². The van der Waals surface area contributed by atoms with Crippen LogP contribution in [0.3, 0.4) is 0 Å². The van der Waals surface area contributed by atoms with Crippen LogP contribution in [0.25, 0.3) is 6.08 Å². The smallest absolute Gasteiger partial charge is 0.234 e. The molecular weight excluding hydrogens is 276 g/mol. The summed E-state index contributed by atoms with van der Waals surface area (Å²) in [6, 6.07) is 9.24. The van der Waals surface area contributed by atoms with Crippen molar-refractivity contribution in [1.82, 2.24) is 19.5 Å². The lowest BCUT2D eigenvalue weighted by atomic mass is 10.2. The van der Waals surface area contributed by atoms with Gasteiger partial charge in [0.15, 0.2) is 0 Å². The Balaban J connectivity index is 2.00. The van der Waals surface area contributed by atoms with Crippen LogP contribution in [0.4, 0.5) is 0 Å². The fourth-order valence-electron chi connectivity index (χ4n) is 1.63. The van der Waals surface area contributed by atoms with E-state index in [1.807, 2.05) is 37.3 Å². The van der Waals surface area contributed by atoms with Crippen molar-refractivity contribution >= 4 is 16.1 Å². The van der Waals surface area contributed by atoms with Gasteiger partial charge in [-0.15, -0.1) is 10.2 Å². The molecule has 0 spiro atoms. The second-order valence-electron chi connectivity index (χ2n) is 4.11. The van der Waals surface area contributed by atoms with Crippen LogP contribution in [0, 0.1) is 0 Å². The van der Waals surface area contributed by atoms with Crippen molar-refractivity contribution in [2.45, 2.75) is 20.0 Å². The van der Waals surface area contributed by atoms with Gasteiger partial charge in [0.1, 0.15) is 12.2 Å². The number of aryl methyl sites for hydroxylation is 1. The average Bonchev–Trinajstić information content (AvgIpc) is 2.92. The minimum Gasteiger partial charge on any atom is -0.317 e. The Hall–Kier alpha value is -1.99.